The second-order valence-corrected chi connectivity index (χ2v) is 5.19. The fourth-order valence-corrected chi connectivity index (χ4v) is 2.42. The van der Waals surface area contributed by atoms with E-state index in [4.69, 9.17) is 5.26 Å². The Kier molecular flexibility index (Phi) is 4.74. The minimum atomic E-state index is 0.0416. The van der Waals surface area contributed by atoms with Crippen molar-refractivity contribution in [3.63, 3.8) is 0 Å². The Morgan fingerprint density at radius 2 is 2.05 bits per heavy atom. The second-order valence-electron chi connectivity index (χ2n) is 5.19. The maximum Gasteiger partial charge on any atom is 0.226 e. The highest BCUT2D eigenvalue weighted by Gasteiger charge is 2.23. The Balaban J connectivity index is 2.00. The molecule has 2 heterocycles. The maximum atomic E-state index is 9.13. The van der Waals surface area contributed by atoms with Crippen molar-refractivity contribution in [3.05, 3.63) is 12.3 Å². The molecule has 0 aliphatic carbocycles. The van der Waals surface area contributed by atoms with Crippen LogP contribution in [0, 0.1) is 11.3 Å². The molecule has 0 N–H and O–H groups in total. The topological polar surface area (TPSA) is 59.3 Å². The van der Waals surface area contributed by atoms with Crippen molar-refractivity contribution in [1.82, 2.24) is 14.9 Å². The molecule has 6 heteroatoms. The van der Waals surface area contributed by atoms with Crippen LogP contribution >= 0.6 is 0 Å². The van der Waals surface area contributed by atoms with Crippen molar-refractivity contribution in [2.45, 2.75) is 19.4 Å². The molecule has 0 radical (unpaired) electrons. The standard InChI is InChI=1S/C14H22N6/c1-4-12(11-15)19-7-9-20(10-8-19)13-5-6-16-14(17-13)18(2)3/h5-6,12H,4,7-10H2,1-3H3. The summed E-state index contributed by atoms with van der Waals surface area (Å²) in [5, 5.41) is 9.13. The smallest absolute Gasteiger partial charge is 0.226 e. The molecular formula is C14H22N6. The van der Waals surface area contributed by atoms with Crippen LogP contribution in [0.15, 0.2) is 12.3 Å². The van der Waals surface area contributed by atoms with Crippen molar-refractivity contribution in [3.8, 4) is 6.07 Å². The predicted octanol–water partition coefficient (Wildman–Crippen LogP) is 0.967. The second kappa shape index (κ2) is 6.53. The van der Waals surface area contributed by atoms with Crippen molar-refractivity contribution in [2.24, 2.45) is 0 Å². The third kappa shape index (κ3) is 3.17. The molecule has 1 aromatic rings. The van der Waals surface area contributed by atoms with Crippen LogP contribution in [0.4, 0.5) is 11.8 Å². The molecule has 1 unspecified atom stereocenters. The quantitative estimate of drug-likeness (QED) is 0.815. The lowest BCUT2D eigenvalue weighted by Crippen LogP contribution is -2.50. The minimum absolute atomic E-state index is 0.0416. The van der Waals surface area contributed by atoms with Gasteiger partial charge in [-0.1, -0.05) is 6.92 Å². The Labute approximate surface area is 120 Å². The molecule has 1 aromatic heterocycles. The van der Waals surface area contributed by atoms with Gasteiger partial charge >= 0.3 is 0 Å². The van der Waals surface area contributed by atoms with Crippen LogP contribution in [0.25, 0.3) is 0 Å². The zero-order valence-electron chi connectivity index (χ0n) is 12.5. The molecule has 0 aromatic carbocycles. The number of nitrogens with zero attached hydrogens (tertiary/aromatic N) is 6. The van der Waals surface area contributed by atoms with Gasteiger partial charge in [-0.3, -0.25) is 4.90 Å². The van der Waals surface area contributed by atoms with E-state index in [0.717, 1.165) is 44.4 Å². The lowest BCUT2D eigenvalue weighted by Gasteiger charge is -2.37. The molecule has 1 atom stereocenters. The zero-order valence-corrected chi connectivity index (χ0v) is 12.5. The molecule has 6 nitrogen and oxygen atoms in total. The van der Waals surface area contributed by atoms with Gasteiger partial charge in [-0.15, -0.1) is 0 Å². The van der Waals surface area contributed by atoms with Crippen molar-refractivity contribution >= 4 is 11.8 Å². The molecular weight excluding hydrogens is 252 g/mol. The van der Waals surface area contributed by atoms with E-state index < -0.39 is 0 Å². The predicted molar refractivity (Wildman–Crippen MR) is 79.8 cm³/mol. The van der Waals surface area contributed by atoms with Gasteiger partial charge in [0.2, 0.25) is 5.95 Å². The number of piperazine rings is 1. The van der Waals surface area contributed by atoms with Gasteiger partial charge in [-0.05, 0) is 12.5 Å². The molecule has 1 aliphatic heterocycles. The summed E-state index contributed by atoms with van der Waals surface area (Å²) in [6.45, 7) is 5.69. The van der Waals surface area contributed by atoms with Crippen LogP contribution in [0.2, 0.25) is 0 Å². The number of anilines is 2. The Morgan fingerprint density at radius 1 is 1.35 bits per heavy atom. The van der Waals surface area contributed by atoms with Crippen molar-refractivity contribution in [2.75, 3.05) is 50.1 Å². The van der Waals surface area contributed by atoms with Crippen molar-refractivity contribution < 1.29 is 0 Å². The highest BCUT2D eigenvalue weighted by atomic mass is 15.3. The van der Waals surface area contributed by atoms with E-state index in [1.165, 1.54) is 0 Å². The summed E-state index contributed by atoms with van der Waals surface area (Å²) < 4.78 is 0. The highest BCUT2D eigenvalue weighted by Crippen LogP contribution is 2.17. The van der Waals surface area contributed by atoms with Gasteiger partial charge in [0.25, 0.3) is 0 Å². The molecule has 0 spiro atoms. The van der Waals surface area contributed by atoms with Crippen LogP contribution in [0.1, 0.15) is 13.3 Å². The largest absolute Gasteiger partial charge is 0.354 e. The van der Waals surface area contributed by atoms with Crippen LogP contribution in [-0.4, -0.2) is 61.2 Å². The molecule has 1 fully saturated rings. The third-order valence-corrected chi connectivity index (χ3v) is 3.64. The van der Waals surface area contributed by atoms with E-state index in [9.17, 15) is 0 Å². The van der Waals surface area contributed by atoms with Gasteiger partial charge in [0.15, 0.2) is 0 Å². The van der Waals surface area contributed by atoms with E-state index in [1.54, 1.807) is 6.20 Å². The van der Waals surface area contributed by atoms with Crippen LogP contribution in [-0.2, 0) is 0 Å². The minimum Gasteiger partial charge on any atom is -0.354 e. The molecule has 0 bridgehead atoms. The Bertz CT molecular complexity index is 473. The van der Waals surface area contributed by atoms with Crippen LogP contribution < -0.4 is 9.80 Å². The first kappa shape index (κ1) is 14.5. The first-order valence-electron chi connectivity index (χ1n) is 7.04. The molecule has 2 rings (SSSR count). The van der Waals surface area contributed by atoms with E-state index in [1.807, 2.05) is 25.1 Å². The Hall–Kier alpha value is -1.87. The summed E-state index contributed by atoms with van der Waals surface area (Å²) in [6.07, 6.45) is 2.68. The van der Waals surface area contributed by atoms with Gasteiger partial charge < -0.3 is 9.80 Å². The molecule has 0 saturated carbocycles. The van der Waals surface area contributed by atoms with Gasteiger partial charge in [-0.2, -0.15) is 10.2 Å². The van der Waals surface area contributed by atoms with Gasteiger partial charge in [0.1, 0.15) is 5.82 Å². The highest BCUT2D eigenvalue weighted by molar-refractivity contribution is 5.43. The summed E-state index contributed by atoms with van der Waals surface area (Å²) in [6, 6.07) is 4.37. The first-order valence-corrected chi connectivity index (χ1v) is 7.04. The SMILES string of the molecule is CCC(C#N)N1CCN(c2ccnc(N(C)C)n2)CC1. The molecule has 108 valence electrons. The number of hydrogen-bond donors (Lipinski definition) is 0. The molecule has 1 saturated heterocycles. The first-order chi connectivity index (χ1) is 9.65. The van der Waals surface area contributed by atoms with Crippen molar-refractivity contribution in [1.29, 1.82) is 5.26 Å². The summed E-state index contributed by atoms with van der Waals surface area (Å²) in [4.78, 5) is 15.2. The lowest BCUT2D eigenvalue weighted by molar-refractivity contribution is 0.216. The summed E-state index contributed by atoms with van der Waals surface area (Å²) >= 11 is 0. The molecule has 1 aliphatic rings. The zero-order chi connectivity index (χ0) is 14.5. The van der Waals surface area contributed by atoms with E-state index in [2.05, 4.69) is 32.8 Å². The monoisotopic (exact) mass is 274 g/mol. The van der Waals surface area contributed by atoms with Gasteiger partial charge in [0, 0.05) is 46.5 Å². The number of hydrogen-bond acceptors (Lipinski definition) is 6. The average Bonchev–Trinajstić information content (AvgIpc) is 2.49. The third-order valence-electron chi connectivity index (χ3n) is 3.64. The normalized spacial score (nSPS) is 17.6. The lowest BCUT2D eigenvalue weighted by atomic mass is 10.2. The van der Waals surface area contributed by atoms with E-state index >= 15 is 0 Å². The van der Waals surface area contributed by atoms with Crippen LogP contribution in [0.3, 0.4) is 0 Å². The van der Waals surface area contributed by atoms with Crippen LogP contribution in [0.5, 0.6) is 0 Å². The van der Waals surface area contributed by atoms with Gasteiger partial charge in [-0.25, -0.2) is 4.98 Å². The summed E-state index contributed by atoms with van der Waals surface area (Å²) in [5.74, 6) is 1.70. The maximum absolute atomic E-state index is 9.13. The number of aromatic nitrogens is 2. The van der Waals surface area contributed by atoms with E-state index in [-0.39, 0.29) is 6.04 Å². The summed E-state index contributed by atoms with van der Waals surface area (Å²) in [7, 11) is 3.88. The Morgan fingerprint density at radius 3 is 2.60 bits per heavy atom. The molecule has 0 amide bonds. The fourth-order valence-electron chi connectivity index (χ4n) is 2.42. The molecule has 20 heavy (non-hydrogen) atoms. The summed E-state index contributed by atoms with van der Waals surface area (Å²) in [5.41, 5.74) is 0. The van der Waals surface area contributed by atoms with Gasteiger partial charge in [0.05, 0.1) is 12.1 Å². The number of rotatable bonds is 4. The fraction of sp³-hybridized carbons (Fsp3) is 0.643. The van der Waals surface area contributed by atoms with E-state index in [0.29, 0.717) is 0 Å². The number of nitriles is 1. The average molecular weight is 274 g/mol.